The highest BCUT2D eigenvalue weighted by molar-refractivity contribution is 5.94. The number of aryl methyl sites for hydroxylation is 3. The van der Waals surface area contributed by atoms with E-state index in [1.807, 2.05) is 44.2 Å². The summed E-state index contributed by atoms with van der Waals surface area (Å²) < 4.78 is 11.6. The Kier molecular flexibility index (Phi) is 5.29. The molecule has 0 saturated carbocycles. The molecule has 0 aliphatic carbocycles. The van der Waals surface area contributed by atoms with Gasteiger partial charge in [-0.25, -0.2) is 4.68 Å². The van der Waals surface area contributed by atoms with E-state index in [0.29, 0.717) is 28.3 Å². The molecule has 0 unspecified atom stereocenters. The molecular weight excluding hydrogens is 396 g/mol. The quantitative estimate of drug-likeness (QED) is 0.531. The van der Waals surface area contributed by atoms with Gasteiger partial charge in [-0.15, -0.1) is 0 Å². The van der Waals surface area contributed by atoms with Crippen LogP contribution in [0.5, 0.6) is 5.75 Å². The number of amides is 1. The van der Waals surface area contributed by atoms with Crippen LogP contribution in [-0.4, -0.2) is 28.0 Å². The summed E-state index contributed by atoms with van der Waals surface area (Å²) in [6.07, 6.45) is 0. The monoisotopic (exact) mass is 418 g/mol. The lowest BCUT2D eigenvalue weighted by Gasteiger charge is -2.11. The normalized spacial score (nSPS) is 11.0. The van der Waals surface area contributed by atoms with Crippen LogP contribution >= 0.6 is 0 Å². The van der Waals surface area contributed by atoms with Gasteiger partial charge in [0.2, 0.25) is 5.91 Å². The minimum atomic E-state index is -0.486. The summed E-state index contributed by atoms with van der Waals surface area (Å²) in [6, 6.07) is 13.1. The van der Waals surface area contributed by atoms with Crippen molar-refractivity contribution in [2.75, 3.05) is 12.4 Å². The summed E-state index contributed by atoms with van der Waals surface area (Å²) in [5.41, 5.74) is 3.57. The maximum Gasteiger partial charge on any atom is 0.297 e. The van der Waals surface area contributed by atoms with Gasteiger partial charge in [0, 0.05) is 11.3 Å². The first-order valence-corrected chi connectivity index (χ1v) is 9.76. The van der Waals surface area contributed by atoms with Crippen molar-refractivity contribution in [3.05, 3.63) is 69.7 Å². The second kappa shape index (κ2) is 8.06. The number of nitrogens with zero attached hydrogens (tertiary/aromatic N) is 3. The third kappa shape index (κ3) is 3.92. The largest absolute Gasteiger partial charge is 0.497 e. The van der Waals surface area contributed by atoms with Gasteiger partial charge in [0.1, 0.15) is 23.7 Å². The number of nitrogens with one attached hydrogen (secondary N) is 1. The Bertz CT molecular complexity index is 1340. The summed E-state index contributed by atoms with van der Waals surface area (Å²) in [7, 11) is 1.59. The summed E-state index contributed by atoms with van der Waals surface area (Å²) >= 11 is 0. The zero-order valence-electron chi connectivity index (χ0n) is 17.7. The number of anilines is 1. The number of methoxy groups -OCH3 is 1. The van der Waals surface area contributed by atoms with Crippen LogP contribution in [0.25, 0.3) is 22.2 Å². The molecule has 0 atom stereocenters. The Balaban J connectivity index is 1.74. The van der Waals surface area contributed by atoms with E-state index in [1.54, 1.807) is 26.2 Å². The maximum absolute atomic E-state index is 12.9. The Hall–Kier alpha value is -3.94. The van der Waals surface area contributed by atoms with Crippen LogP contribution in [0.3, 0.4) is 0 Å². The van der Waals surface area contributed by atoms with E-state index in [1.165, 1.54) is 0 Å². The molecule has 8 nitrogen and oxygen atoms in total. The average Bonchev–Trinajstić information content (AvgIpc) is 3.15. The zero-order valence-corrected chi connectivity index (χ0v) is 17.7. The molecule has 0 aliphatic heterocycles. The first kappa shape index (κ1) is 20.3. The molecule has 0 saturated heterocycles. The van der Waals surface area contributed by atoms with E-state index in [0.717, 1.165) is 21.4 Å². The van der Waals surface area contributed by atoms with Crippen molar-refractivity contribution in [1.82, 2.24) is 14.9 Å². The third-order valence-corrected chi connectivity index (χ3v) is 5.08. The number of rotatable bonds is 5. The SMILES string of the molecule is COc1ccc(-c2nn(CC(=O)Nc3cc(C)ccc3C)c(=O)c3noc(C)c23)cc1. The van der Waals surface area contributed by atoms with E-state index in [2.05, 4.69) is 15.6 Å². The topological polar surface area (TPSA) is 99.2 Å². The van der Waals surface area contributed by atoms with Crippen molar-refractivity contribution >= 4 is 22.5 Å². The average molecular weight is 418 g/mol. The predicted molar refractivity (Wildman–Crippen MR) is 117 cm³/mol. The molecule has 2 heterocycles. The molecule has 2 aromatic carbocycles. The standard InChI is InChI=1S/C23H22N4O4/c1-13-5-6-14(2)18(11-13)24-19(28)12-27-23(29)22-20(15(3)31-26-22)21(25-27)16-7-9-17(30-4)10-8-16/h5-11H,12H2,1-4H3,(H,24,28). The first-order chi connectivity index (χ1) is 14.9. The van der Waals surface area contributed by atoms with Crippen molar-refractivity contribution in [2.24, 2.45) is 0 Å². The molecule has 0 aliphatic rings. The van der Waals surface area contributed by atoms with Crippen molar-refractivity contribution in [1.29, 1.82) is 0 Å². The van der Waals surface area contributed by atoms with Crippen LogP contribution in [0.15, 0.2) is 51.8 Å². The van der Waals surface area contributed by atoms with Gasteiger partial charge in [0.05, 0.1) is 12.5 Å². The summed E-state index contributed by atoms with van der Waals surface area (Å²) in [6.45, 7) is 5.33. The molecule has 31 heavy (non-hydrogen) atoms. The Morgan fingerprint density at radius 3 is 2.58 bits per heavy atom. The molecule has 0 radical (unpaired) electrons. The highest BCUT2D eigenvalue weighted by Gasteiger charge is 2.20. The molecule has 0 fully saturated rings. The van der Waals surface area contributed by atoms with E-state index in [-0.39, 0.29) is 18.0 Å². The fraction of sp³-hybridized carbons (Fsp3) is 0.217. The molecule has 2 aromatic heterocycles. The summed E-state index contributed by atoms with van der Waals surface area (Å²) in [4.78, 5) is 25.6. The van der Waals surface area contributed by atoms with Gasteiger partial charge in [-0.1, -0.05) is 17.3 Å². The smallest absolute Gasteiger partial charge is 0.297 e. The lowest BCUT2D eigenvalue weighted by Crippen LogP contribution is -2.30. The molecule has 158 valence electrons. The van der Waals surface area contributed by atoms with Gasteiger partial charge in [-0.2, -0.15) is 5.10 Å². The molecule has 4 rings (SSSR count). The van der Waals surface area contributed by atoms with Crippen molar-refractivity contribution in [2.45, 2.75) is 27.3 Å². The molecule has 0 bridgehead atoms. The number of hydrogen-bond acceptors (Lipinski definition) is 6. The highest BCUT2D eigenvalue weighted by Crippen LogP contribution is 2.28. The predicted octanol–water partition coefficient (Wildman–Crippen LogP) is 3.62. The lowest BCUT2D eigenvalue weighted by atomic mass is 10.1. The molecule has 0 spiro atoms. The van der Waals surface area contributed by atoms with Crippen LogP contribution in [0.2, 0.25) is 0 Å². The molecule has 1 amide bonds. The van der Waals surface area contributed by atoms with E-state index in [4.69, 9.17) is 9.26 Å². The van der Waals surface area contributed by atoms with Crippen molar-refractivity contribution in [3.8, 4) is 17.0 Å². The molecule has 1 N–H and O–H groups in total. The van der Waals surface area contributed by atoms with Gasteiger partial charge < -0.3 is 14.6 Å². The van der Waals surface area contributed by atoms with Crippen LogP contribution < -0.4 is 15.6 Å². The number of hydrogen-bond donors (Lipinski definition) is 1. The second-order valence-electron chi connectivity index (χ2n) is 7.37. The van der Waals surface area contributed by atoms with Crippen LogP contribution in [0, 0.1) is 20.8 Å². The van der Waals surface area contributed by atoms with Crippen molar-refractivity contribution in [3.63, 3.8) is 0 Å². The minimum Gasteiger partial charge on any atom is -0.497 e. The maximum atomic E-state index is 12.9. The van der Waals surface area contributed by atoms with Gasteiger partial charge >= 0.3 is 0 Å². The minimum absolute atomic E-state index is 0.137. The van der Waals surface area contributed by atoms with Gasteiger partial charge in [0.15, 0.2) is 5.52 Å². The number of benzene rings is 2. The fourth-order valence-electron chi connectivity index (χ4n) is 3.39. The van der Waals surface area contributed by atoms with Crippen LogP contribution in [0.4, 0.5) is 5.69 Å². The van der Waals surface area contributed by atoms with Crippen LogP contribution in [0.1, 0.15) is 16.9 Å². The Morgan fingerprint density at radius 2 is 1.87 bits per heavy atom. The van der Waals surface area contributed by atoms with Gasteiger partial charge in [-0.05, 0) is 62.2 Å². The lowest BCUT2D eigenvalue weighted by molar-refractivity contribution is -0.117. The number of carbonyl (C=O) groups excluding carboxylic acids is 1. The van der Waals surface area contributed by atoms with Crippen molar-refractivity contribution < 1.29 is 14.1 Å². The first-order valence-electron chi connectivity index (χ1n) is 9.76. The van der Waals surface area contributed by atoms with Crippen LogP contribution in [-0.2, 0) is 11.3 Å². The zero-order chi connectivity index (χ0) is 22.1. The number of aromatic nitrogens is 3. The molecule has 4 aromatic rings. The molecular formula is C23H22N4O4. The number of carbonyl (C=O) groups is 1. The second-order valence-corrected chi connectivity index (χ2v) is 7.37. The van der Waals surface area contributed by atoms with Gasteiger partial charge in [-0.3, -0.25) is 9.59 Å². The Labute approximate surface area is 178 Å². The van der Waals surface area contributed by atoms with Gasteiger partial charge in [0.25, 0.3) is 5.56 Å². The number of ether oxygens (including phenoxy) is 1. The fourth-order valence-corrected chi connectivity index (χ4v) is 3.39. The van der Waals surface area contributed by atoms with E-state index < -0.39 is 5.56 Å². The summed E-state index contributed by atoms with van der Waals surface area (Å²) in [5, 5.41) is 11.8. The summed E-state index contributed by atoms with van der Waals surface area (Å²) in [5.74, 6) is 0.823. The third-order valence-electron chi connectivity index (χ3n) is 5.08. The molecule has 8 heteroatoms. The van der Waals surface area contributed by atoms with E-state index in [9.17, 15) is 9.59 Å². The highest BCUT2D eigenvalue weighted by atomic mass is 16.5. The number of fused-ring (bicyclic) bond motifs is 1. The Morgan fingerprint density at radius 1 is 1.13 bits per heavy atom. The van der Waals surface area contributed by atoms with E-state index >= 15 is 0 Å².